The van der Waals surface area contributed by atoms with Crippen molar-refractivity contribution in [2.45, 2.75) is 32.2 Å². The third kappa shape index (κ3) is 2.65. The normalized spacial score (nSPS) is 13.9. The first-order chi connectivity index (χ1) is 9.33. The van der Waals surface area contributed by atoms with Crippen molar-refractivity contribution in [3.05, 3.63) is 41.5 Å². The van der Waals surface area contributed by atoms with Crippen molar-refractivity contribution >= 4 is 11.6 Å². The summed E-state index contributed by atoms with van der Waals surface area (Å²) in [6.45, 7) is 0.633. The first kappa shape index (κ1) is 11.9. The molecule has 3 N–H and O–H groups in total. The smallest absolute Gasteiger partial charge is 0.133 e. The molecule has 5 nitrogen and oxygen atoms in total. The van der Waals surface area contributed by atoms with Crippen LogP contribution in [0.15, 0.2) is 24.5 Å². The Hall–Kier alpha value is -2.17. The number of anilines is 2. The van der Waals surface area contributed by atoms with Gasteiger partial charge in [0, 0.05) is 11.3 Å². The van der Waals surface area contributed by atoms with E-state index in [-0.39, 0.29) is 0 Å². The number of hydrogen-bond donors (Lipinski definition) is 2. The van der Waals surface area contributed by atoms with E-state index < -0.39 is 0 Å². The van der Waals surface area contributed by atoms with Crippen molar-refractivity contribution in [1.29, 1.82) is 0 Å². The number of pyridine rings is 1. The summed E-state index contributed by atoms with van der Waals surface area (Å²) >= 11 is 0. The third-order valence-electron chi connectivity index (χ3n) is 3.39. The average Bonchev–Trinajstić information content (AvgIpc) is 2.45. The molecule has 0 radical (unpaired) electrons. The minimum Gasteiger partial charge on any atom is -0.384 e. The van der Waals surface area contributed by atoms with Gasteiger partial charge in [0.2, 0.25) is 0 Å². The van der Waals surface area contributed by atoms with Gasteiger partial charge in [-0.1, -0.05) is 6.07 Å². The highest BCUT2D eigenvalue weighted by atomic mass is 15.0. The van der Waals surface area contributed by atoms with Gasteiger partial charge in [0.1, 0.15) is 18.0 Å². The zero-order chi connectivity index (χ0) is 13.1. The lowest BCUT2D eigenvalue weighted by Crippen LogP contribution is -2.12. The number of aromatic nitrogens is 3. The van der Waals surface area contributed by atoms with Gasteiger partial charge in [-0.3, -0.25) is 0 Å². The van der Waals surface area contributed by atoms with Crippen LogP contribution in [0.3, 0.4) is 0 Å². The number of aryl methyl sites for hydroxylation is 1. The molecule has 0 fully saturated rings. The fraction of sp³-hybridized carbons (Fsp3) is 0.357. The van der Waals surface area contributed by atoms with Gasteiger partial charge in [0.15, 0.2) is 0 Å². The highest BCUT2D eigenvalue weighted by molar-refractivity contribution is 5.47. The highest BCUT2D eigenvalue weighted by Crippen LogP contribution is 2.24. The molecular weight excluding hydrogens is 238 g/mol. The quantitative estimate of drug-likeness (QED) is 0.876. The van der Waals surface area contributed by atoms with Crippen molar-refractivity contribution in [3.8, 4) is 0 Å². The molecular formula is C14H17N5. The number of nitrogens with zero attached hydrogens (tertiary/aromatic N) is 3. The molecule has 0 atom stereocenters. The van der Waals surface area contributed by atoms with Crippen LogP contribution in [0.25, 0.3) is 0 Å². The van der Waals surface area contributed by atoms with E-state index in [1.807, 2.05) is 12.1 Å². The van der Waals surface area contributed by atoms with E-state index in [0.717, 1.165) is 24.4 Å². The molecule has 0 unspecified atom stereocenters. The van der Waals surface area contributed by atoms with Crippen LogP contribution in [0.2, 0.25) is 0 Å². The van der Waals surface area contributed by atoms with E-state index in [9.17, 15) is 0 Å². The van der Waals surface area contributed by atoms with Gasteiger partial charge < -0.3 is 11.1 Å². The second-order valence-electron chi connectivity index (χ2n) is 4.76. The van der Waals surface area contributed by atoms with E-state index in [1.165, 1.54) is 24.1 Å². The Bertz CT molecular complexity index is 582. The Morgan fingerprint density at radius 2 is 2.05 bits per heavy atom. The van der Waals surface area contributed by atoms with Crippen LogP contribution in [0.4, 0.5) is 11.6 Å². The summed E-state index contributed by atoms with van der Waals surface area (Å²) in [6.07, 6.45) is 6.19. The molecule has 2 heterocycles. The standard InChI is InChI=1S/C14H17N5/c15-13-7-3-4-10(19-13)8-16-14-11-5-1-2-6-12(11)17-9-18-14/h3-4,7,9H,1-2,5-6,8H2,(H2,15,19)(H,16,17,18). The van der Waals surface area contributed by atoms with Crippen LogP contribution in [0, 0.1) is 0 Å². The third-order valence-corrected chi connectivity index (χ3v) is 3.39. The summed E-state index contributed by atoms with van der Waals surface area (Å²) in [5.41, 5.74) is 9.04. The van der Waals surface area contributed by atoms with Gasteiger partial charge in [-0.15, -0.1) is 0 Å². The maximum Gasteiger partial charge on any atom is 0.133 e. The zero-order valence-electron chi connectivity index (χ0n) is 10.8. The molecule has 2 aromatic rings. The minimum absolute atomic E-state index is 0.545. The number of rotatable bonds is 3. The summed E-state index contributed by atoms with van der Waals surface area (Å²) in [7, 11) is 0. The lowest BCUT2D eigenvalue weighted by molar-refractivity contribution is 0.663. The number of nitrogen functional groups attached to an aromatic ring is 1. The summed E-state index contributed by atoms with van der Waals surface area (Å²) in [5, 5.41) is 3.35. The number of nitrogens with one attached hydrogen (secondary N) is 1. The first-order valence-corrected chi connectivity index (χ1v) is 6.61. The molecule has 5 heteroatoms. The van der Waals surface area contributed by atoms with Gasteiger partial charge in [-0.2, -0.15) is 0 Å². The molecule has 1 aliphatic rings. The van der Waals surface area contributed by atoms with Crippen molar-refractivity contribution in [2.24, 2.45) is 0 Å². The van der Waals surface area contributed by atoms with Crippen LogP contribution in [0.5, 0.6) is 0 Å². The Balaban J connectivity index is 1.77. The van der Waals surface area contributed by atoms with Crippen molar-refractivity contribution < 1.29 is 0 Å². The zero-order valence-corrected chi connectivity index (χ0v) is 10.8. The number of hydrogen-bond acceptors (Lipinski definition) is 5. The summed E-state index contributed by atoms with van der Waals surface area (Å²) in [5.74, 6) is 1.48. The average molecular weight is 255 g/mol. The number of fused-ring (bicyclic) bond motifs is 1. The molecule has 19 heavy (non-hydrogen) atoms. The maximum absolute atomic E-state index is 5.67. The second-order valence-corrected chi connectivity index (χ2v) is 4.76. The fourth-order valence-electron chi connectivity index (χ4n) is 2.44. The van der Waals surface area contributed by atoms with Crippen molar-refractivity contribution in [2.75, 3.05) is 11.1 Å². The SMILES string of the molecule is Nc1cccc(CNc2ncnc3c2CCCC3)n1. The predicted molar refractivity (Wildman–Crippen MR) is 74.7 cm³/mol. The van der Waals surface area contributed by atoms with E-state index >= 15 is 0 Å². The molecule has 0 aliphatic heterocycles. The lowest BCUT2D eigenvalue weighted by atomic mass is 9.96. The Kier molecular flexibility index (Phi) is 3.27. The summed E-state index contributed by atoms with van der Waals surface area (Å²) in [6, 6.07) is 5.65. The summed E-state index contributed by atoms with van der Waals surface area (Å²) in [4.78, 5) is 13.0. The summed E-state index contributed by atoms with van der Waals surface area (Å²) < 4.78 is 0. The number of nitrogens with two attached hydrogens (primary N) is 1. The molecule has 0 aromatic carbocycles. The topological polar surface area (TPSA) is 76.7 Å². The van der Waals surface area contributed by atoms with E-state index in [4.69, 9.17) is 5.73 Å². The molecule has 0 spiro atoms. The Morgan fingerprint density at radius 1 is 1.16 bits per heavy atom. The van der Waals surface area contributed by atoms with Gasteiger partial charge >= 0.3 is 0 Å². The Morgan fingerprint density at radius 3 is 2.95 bits per heavy atom. The van der Waals surface area contributed by atoms with Crippen LogP contribution in [-0.4, -0.2) is 15.0 Å². The molecule has 0 bridgehead atoms. The van der Waals surface area contributed by atoms with Gasteiger partial charge in [-0.25, -0.2) is 15.0 Å². The molecule has 3 rings (SSSR count). The minimum atomic E-state index is 0.545. The van der Waals surface area contributed by atoms with Crippen LogP contribution < -0.4 is 11.1 Å². The maximum atomic E-state index is 5.67. The second kappa shape index (κ2) is 5.22. The first-order valence-electron chi connectivity index (χ1n) is 6.61. The largest absolute Gasteiger partial charge is 0.384 e. The monoisotopic (exact) mass is 255 g/mol. The van der Waals surface area contributed by atoms with Crippen LogP contribution in [-0.2, 0) is 19.4 Å². The van der Waals surface area contributed by atoms with Crippen molar-refractivity contribution in [1.82, 2.24) is 15.0 Å². The van der Waals surface area contributed by atoms with Crippen LogP contribution >= 0.6 is 0 Å². The fourth-order valence-corrected chi connectivity index (χ4v) is 2.44. The predicted octanol–water partition coefficient (Wildman–Crippen LogP) is 1.94. The van der Waals surface area contributed by atoms with Crippen molar-refractivity contribution in [3.63, 3.8) is 0 Å². The molecule has 2 aromatic heterocycles. The van der Waals surface area contributed by atoms with E-state index in [2.05, 4.69) is 20.3 Å². The van der Waals surface area contributed by atoms with Crippen LogP contribution in [0.1, 0.15) is 29.8 Å². The van der Waals surface area contributed by atoms with E-state index in [1.54, 1.807) is 12.4 Å². The molecule has 0 saturated heterocycles. The lowest BCUT2D eigenvalue weighted by Gasteiger charge is -2.17. The molecule has 98 valence electrons. The highest BCUT2D eigenvalue weighted by Gasteiger charge is 2.15. The van der Waals surface area contributed by atoms with Gasteiger partial charge in [-0.05, 0) is 37.8 Å². The van der Waals surface area contributed by atoms with Gasteiger partial charge in [0.25, 0.3) is 0 Å². The van der Waals surface area contributed by atoms with Gasteiger partial charge in [0.05, 0.1) is 12.2 Å². The van der Waals surface area contributed by atoms with E-state index in [0.29, 0.717) is 12.4 Å². The Labute approximate surface area is 112 Å². The molecule has 0 saturated carbocycles. The molecule has 1 aliphatic carbocycles. The molecule has 0 amide bonds.